The molecule has 0 spiro atoms. The highest BCUT2D eigenvalue weighted by molar-refractivity contribution is 6.06. The minimum atomic E-state index is -0.300. The van der Waals surface area contributed by atoms with Gasteiger partial charge in [-0.2, -0.15) is 0 Å². The minimum absolute atomic E-state index is 0.0373. The zero-order chi connectivity index (χ0) is 22.0. The van der Waals surface area contributed by atoms with Crippen molar-refractivity contribution < 1.29 is 9.59 Å². The first kappa shape index (κ1) is 20.8. The molecule has 31 heavy (non-hydrogen) atoms. The summed E-state index contributed by atoms with van der Waals surface area (Å²) in [6.45, 7) is 3.54. The molecule has 1 saturated heterocycles. The molecule has 2 heterocycles. The number of nitrogens with zero attached hydrogens (tertiary/aromatic N) is 3. The van der Waals surface area contributed by atoms with Crippen molar-refractivity contribution in [1.29, 1.82) is 0 Å². The van der Waals surface area contributed by atoms with E-state index < -0.39 is 0 Å². The summed E-state index contributed by atoms with van der Waals surface area (Å²) in [7, 11) is 3.75. The van der Waals surface area contributed by atoms with Crippen LogP contribution in [-0.2, 0) is 13.6 Å². The van der Waals surface area contributed by atoms with E-state index in [0.29, 0.717) is 23.2 Å². The predicted octanol–water partition coefficient (Wildman–Crippen LogP) is 1.86. The summed E-state index contributed by atoms with van der Waals surface area (Å²) in [6, 6.07) is 16.0. The molecule has 7 nitrogen and oxygen atoms in total. The van der Waals surface area contributed by atoms with E-state index in [1.54, 1.807) is 19.2 Å². The monoisotopic (exact) mass is 418 g/mol. The summed E-state index contributed by atoms with van der Waals surface area (Å²) in [6.07, 6.45) is 0. The van der Waals surface area contributed by atoms with E-state index >= 15 is 0 Å². The van der Waals surface area contributed by atoms with Crippen LogP contribution in [0.5, 0.6) is 0 Å². The van der Waals surface area contributed by atoms with Gasteiger partial charge in [-0.05, 0) is 30.8 Å². The van der Waals surface area contributed by atoms with Crippen molar-refractivity contribution in [2.24, 2.45) is 7.05 Å². The minimum Gasteiger partial charge on any atom is -0.348 e. The number of rotatable bonds is 4. The van der Waals surface area contributed by atoms with Gasteiger partial charge in [-0.25, -0.2) is 0 Å². The van der Waals surface area contributed by atoms with Crippen molar-refractivity contribution in [1.82, 2.24) is 19.7 Å². The number of nitrogens with one attached hydrogen (secondary N) is 1. The summed E-state index contributed by atoms with van der Waals surface area (Å²) < 4.78 is 1.53. The summed E-state index contributed by atoms with van der Waals surface area (Å²) in [5.41, 5.74) is 2.39. The Labute approximate surface area is 180 Å². The number of para-hydroxylation sites is 1. The van der Waals surface area contributed by atoms with Crippen LogP contribution in [-0.4, -0.2) is 59.4 Å². The van der Waals surface area contributed by atoms with Crippen molar-refractivity contribution in [3.05, 3.63) is 81.6 Å². The third kappa shape index (κ3) is 4.36. The number of hydrogen-bond acceptors (Lipinski definition) is 4. The molecule has 7 heteroatoms. The number of likely N-dealkylation sites (N-methyl/N-ethyl adjacent to an activating group) is 1. The van der Waals surface area contributed by atoms with Crippen molar-refractivity contribution in [2.45, 2.75) is 6.54 Å². The molecule has 0 unspecified atom stereocenters. The summed E-state index contributed by atoms with van der Waals surface area (Å²) in [5.74, 6) is -0.262. The van der Waals surface area contributed by atoms with E-state index in [1.807, 2.05) is 41.3 Å². The van der Waals surface area contributed by atoms with E-state index in [-0.39, 0.29) is 17.4 Å². The Morgan fingerprint density at radius 1 is 0.935 bits per heavy atom. The average Bonchev–Trinajstić information content (AvgIpc) is 2.80. The Kier molecular flexibility index (Phi) is 5.86. The number of pyridine rings is 1. The zero-order valence-electron chi connectivity index (χ0n) is 17.8. The molecule has 0 aliphatic carbocycles. The van der Waals surface area contributed by atoms with Crippen LogP contribution in [0.25, 0.3) is 10.9 Å². The number of piperazine rings is 1. The first-order valence-electron chi connectivity index (χ1n) is 10.4. The fourth-order valence-electron chi connectivity index (χ4n) is 3.83. The molecule has 1 fully saturated rings. The smallest absolute Gasteiger partial charge is 0.253 e. The number of carbonyl (C=O) groups is 2. The number of aromatic nitrogens is 1. The lowest BCUT2D eigenvalue weighted by Crippen LogP contribution is -2.47. The molecule has 1 aliphatic heterocycles. The van der Waals surface area contributed by atoms with Crippen molar-refractivity contribution in [2.75, 3.05) is 33.2 Å². The summed E-state index contributed by atoms with van der Waals surface area (Å²) in [4.78, 5) is 41.7. The second-order valence-electron chi connectivity index (χ2n) is 7.95. The molecule has 2 aromatic carbocycles. The Morgan fingerprint density at radius 3 is 2.32 bits per heavy atom. The highest BCUT2D eigenvalue weighted by Crippen LogP contribution is 2.16. The van der Waals surface area contributed by atoms with Crippen LogP contribution in [0.4, 0.5) is 0 Å². The summed E-state index contributed by atoms with van der Waals surface area (Å²) >= 11 is 0. The maximum atomic E-state index is 12.8. The largest absolute Gasteiger partial charge is 0.348 e. The van der Waals surface area contributed by atoms with Gasteiger partial charge in [-0.15, -0.1) is 0 Å². The maximum Gasteiger partial charge on any atom is 0.253 e. The van der Waals surface area contributed by atoms with E-state index in [2.05, 4.69) is 17.3 Å². The summed E-state index contributed by atoms with van der Waals surface area (Å²) in [5, 5.41) is 3.61. The number of benzene rings is 2. The van der Waals surface area contributed by atoms with Gasteiger partial charge in [-0.1, -0.05) is 30.3 Å². The predicted molar refractivity (Wildman–Crippen MR) is 120 cm³/mol. The molecule has 4 rings (SSSR count). The lowest BCUT2D eigenvalue weighted by molar-refractivity contribution is 0.0664. The SMILES string of the molecule is CN1CCN(C(=O)c2ccc(CNC(=O)c3cc(=O)n(C)c4ccccc34)cc2)CC1. The van der Waals surface area contributed by atoms with Gasteiger partial charge in [0.25, 0.3) is 17.4 Å². The van der Waals surface area contributed by atoms with Gasteiger partial charge in [0.05, 0.1) is 11.1 Å². The number of fused-ring (bicyclic) bond motifs is 1. The second kappa shape index (κ2) is 8.73. The zero-order valence-corrected chi connectivity index (χ0v) is 17.8. The van der Waals surface area contributed by atoms with Crippen LogP contribution < -0.4 is 10.9 Å². The van der Waals surface area contributed by atoms with Gasteiger partial charge in [0.15, 0.2) is 0 Å². The molecular formula is C24H26N4O3. The van der Waals surface area contributed by atoms with Crippen LogP contribution in [0.1, 0.15) is 26.3 Å². The van der Waals surface area contributed by atoms with Crippen LogP contribution in [0.2, 0.25) is 0 Å². The molecule has 0 bridgehead atoms. The molecule has 0 saturated carbocycles. The van der Waals surface area contributed by atoms with E-state index in [9.17, 15) is 14.4 Å². The first-order chi connectivity index (χ1) is 14.9. The first-order valence-corrected chi connectivity index (χ1v) is 10.4. The number of amides is 2. The van der Waals surface area contributed by atoms with Gasteiger partial charge < -0.3 is 19.7 Å². The molecule has 1 aromatic heterocycles. The molecule has 3 aromatic rings. The quantitative estimate of drug-likeness (QED) is 0.702. The Bertz CT molecular complexity index is 1180. The Hall–Kier alpha value is -3.45. The van der Waals surface area contributed by atoms with Crippen molar-refractivity contribution in [3.63, 3.8) is 0 Å². The van der Waals surface area contributed by atoms with Gasteiger partial charge in [0, 0.05) is 56.8 Å². The fourth-order valence-corrected chi connectivity index (χ4v) is 3.83. The molecule has 160 valence electrons. The molecule has 0 radical (unpaired) electrons. The van der Waals surface area contributed by atoms with Gasteiger partial charge in [-0.3, -0.25) is 14.4 Å². The number of aryl methyl sites for hydroxylation is 1. The standard InChI is InChI=1S/C24H26N4O3/c1-26-11-13-28(14-12-26)24(31)18-9-7-17(8-10-18)16-25-23(30)20-15-22(29)27(2)21-6-4-3-5-19(20)21/h3-10,15H,11-14,16H2,1-2H3,(H,25,30). The molecule has 1 aliphatic rings. The topological polar surface area (TPSA) is 74.7 Å². The van der Waals surface area contributed by atoms with Gasteiger partial charge in [0.1, 0.15) is 0 Å². The Balaban J connectivity index is 1.44. The van der Waals surface area contributed by atoms with Crippen LogP contribution in [0, 0.1) is 0 Å². The highest BCUT2D eigenvalue weighted by atomic mass is 16.2. The van der Waals surface area contributed by atoms with E-state index in [1.165, 1.54) is 10.6 Å². The normalized spacial score (nSPS) is 14.6. The van der Waals surface area contributed by atoms with Gasteiger partial charge >= 0.3 is 0 Å². The van der Waals surface area contributed by atoms with Crippen LogP contribution >= 0.6 is 0 Å². The average molecular weight is 418 g/mol. The van der Waals surface area contributed by atoms with Crippen LogP contribution in [0.3, 0.4) is 0 Å². The third-order valence-corrected chi connectivity index (χ3v) is 5.84. The molecule has 2 amide bonds. The van der Waals surface area contributed by atoms with Gasteiger partial charge in [0.2, 0.25) is 0 Å². The third-order valence-electron chi connectivity index (χ3n) is 5.84. The van der Waals surface area contributed by atoms with E-state index in [4.69, 9.17) is 0 Å². The lowest BCUT2D eigenvalue weighted by Gasteiger charge is -2.32. The molecule has 1 N–H and O–H groups in total. The maximum absolute atomic E-state index is 12.8. The van der Waals surface area contributed by atoms with Crippen LogP contribution in [0.15, 0.2) is 59.4 Å². The number of hydrogen-bond donors (Lipinski definition) is 1. The van der Waals surface area contributed by atoms with Crippen molar-refractivity contribution in [3.8, 4) is 0 Å². The molecular weight excluding hydrogens is 392 g/mol. The highest BCUT2D eigenvalue weighted by Gasteiger charge is 2.20. The van der Waals surface area contributed by atoms with Crippen molar-refractivity contribution >= 4 is 22.7 Å². The second-order valence-corrected chi connectivity index (χ2v) is 7.95. The number of carbonyl (C=O) groups excluding carboxylic acids is 2. The molecule has 0 atom stereocenters. The van der Waals surface area contributed by atoms with E-state index in [0.717, 1.165) is 37.1 Å². The fraction of sp³-hybridized carbons (Fsp3) is 0.292. The lowest BCUT2D eigenvalue weighted by atomic mass is 10.1. The Morgan fingerprint density at radius 2 is 1.61 bits per heavy atom.